The van der Waals surface area contributed by atoms with Gasteiger partial charge in [0.15, 0.2) is 0 Å². The topological polar surface area (TPSA) is 18.5 Å². The largest absolute Gasteiger partial charge is 0.458 e. The Labute approximate surface area is 306 Å². The van der Waals surface area contributed by atoms with Gasteiger partial charge in [0, 0.05) is 5.46 Å². The molecule has 0 aliphatic carbocycles. The Morgan fingerprint density at radius 3 is 1.26 bits per heavy atom. The molecule has 0 spiro atoms. The molecule has 53 heavy (non-hydrogen) atoms. The summed E-state index contributed by atoms with van der Waals surface area (Å²) in [5.74, 6) is 3.49. The lowest BCUT2D eigenvalue weighted by Crippen LogP contribution is -2.57. The molecule has 2 nitrogen and oxygen atoms in total. The molecule has 10 aromatic rings. The molecule has 0 saturated carbocycles. The van der Waals surface area contributed by atoms with Gasteiger partial charge in [0.25, 0.3) is 6.71 Å². The van der Waals surface area contributed by atoms with Crippen molar-refractivity contribution in [1.82, 2.24) is 0 Å². The second kappa shape index (κ2) is 10.8. The molecule has 2 heterocycles. The Morgan fingerprint density at radius 2 is 0.717 bits per heavy atom. The first-order valence-electron chi connectivity index (χ1n) is 18.3. The van der Waals surface area contributed by atoms with E-state index in [1.54, 1.807) is 0 Å². The van der Waals surface area contributed by atoms with Crippen LogP contribution < -0.4 is 25.9 Å². The van der Waals surface area contributed by atoms with Crippen molar-refractivity contribution in [3.63, 3.8) is 0 Å². The van der Waals surface area contributed by atoms with Crippen LogP contribution in [0.2, 0.25) is 0 Å². The van der Waals surface area contributed by atoms with E-state index in [-0.39, 0.29) is 6.71 Å². The second-order valence-corrected chi connectivity index (χ2v) is 14.3. The summed E-state index contributed by atoms with van der Waals surface area (Å²) >= 11 is 0. The molecule has 0 atom stereocenters. The van der Waals surface area contributed by atoms with E-state index in [4.69, 9.17) is 9.47 Å². The minimum Gasteiger partial charge on any atom is -0.458 e. The highest BCUT2D eigenvalue weighted by atomic mass is 16.5. The van der Waals surface area contributed by atoms with Gasteiger partial charge < -0.3 is 9.47 Å². The predicted octanol–water partition coefficient (Wildman–Crippen LogP) is 11.5. The maximum absolute atomic E-state index is 6.68. The molecule has 0 amide bonds. The van der Waals surface area contributed by atoms with E-state index in [0.29, 0.717) is 0 Å². The molecule has 0 fully saturated rings. The minimum atomic E-state index is 0.0518. The number of benzene rings is 10. The molecule has 0 unspecified atom stereocenters. The van der Waals surface area contributed by atoms with Crippen molar-refractivity contribution in [3.8, 4) is 45.3 Å². The van der Waals surface area contributed by atoms with Crippen LogP contribution in [0.5, 0.6) is 23.0 Å². The maximum atomic E-state index is 6.68. The smallest absolute Gasteiger partial charge is 0.260 e. The van der Waals surface area contributed by atoms with Gasteiger partial charge in [0.2, 0.25) is 0 Å². The van der Waals surface area contributed by atoms with Crippen LogP contribution in [0.3, 0.4) is 0 Å². The standard InChI is InChI=1S/C50H29BO2/c1-2-14-33(31-28-46-50-47(29-31)53-45-24-12-10-22-43(45)51(50)42-21-9-11-23-44(42)52-46)32(13-1)30-25-26-40-41(27-30)36-17-5-8-20-39(36)48-37-18-6-3-15-34(37)35-16-4-7-19-38(35)49(40)48/h1-29H. The lowest BCUT2D eigenvalue weighted by atomic mass is 9.35. The van der Waals surface area contributed by atoms with Gasteiger partial charge in [-0.3, -0.25) is 0 Å². The Hall–Kier alpha value is -6.84. The molecule has 12 rings (SSSR count). The SMILES string of the molecule is c1ccc2c(c1)Oc1cc(-c3ccccc3-c3ccc4c(c3)c3ccccc3c3c5ccccc5c5ccccc5c43)cc3c1B2c1ccccc1O3. The zero-order valence-electron chi connectivity index (χ0n) is 28.6. The molecule has 0 aromatic heterocycles. The van der Waals surface area contributed by atoms with Crippen molar-refractivity contribution in [1.29, 1.82) is 0 Å². The molecule has 3 heteroatoms. The zero-order valence-corrected chi connectivity index (χ0v) is 28.6. The zero-order chi connectivity index (χ0) is 34.6. The highest BCUT2D eigenvalue weighted by Crippen LogP contribution is 2.46. The molecule has 2 aliphatic heterocycles. The van der Waals surface area contributed by atoms with E-state index in [9.17, 15) is 0 Å². The van der Waals surface area contributed by atoms with Gasteiger partial charge in [0.1, 0.15) is 23.0 Å². The van der Waals surface area contributed by atoms with Crippen molar-refractivity contribution in [3.05, 3.63) is 176 Å². The van der Waals surface area contributed by atoms with Crippen LogP contribution in [0.25, 0.3) is 76.1 Å². The fraction of sp³-hybridized carbons (Fsp3) is 0. The molecule has 0 radical (unpaired) electrons. The molecule has 10 aromatic carbocycles. The van der Waals surface area contributed by atoms with Crippen LogP contribution in [0.4, 0.5) is 0 Å². The third kappa shape index (κ3) is 4.05. The summed E-state index contributed by atoms with van der Waals surface area (Å²) in [7, 11) is 0. The Kier molecular flexibility index (Phi) is 5.89. The van der Waals surface area contributed by atoms with E-state index in [1.165, 1.54) is 70.4 Å². The van der Waals surface area contributed by atoms with Gasteiger partial charge in [-0.15, -0.1) is 0 Å². The summed E-state index contributed by atoms with van der Waals surface area (Å²) in [5, 5.41) is 12.9. The maximum Gasteiger partial charge on any atom is 0.260 e. The number of hydrogen-bond acceptors (Lipinski definition) is 2. The Morgan fingerprint density at radius 1 is 0.302 bits per heavy atom. The van der Waals surface area contributed by atoms with Crippen molar-refractivity contribution >= 4 is 77.0 Å². The fourth-order valence-corrected chi connectivity index (χ4v) is 9.33. The first kappa shape index (κ1) is 28.8. The van der Waals surface area contributed by atoms with E-state index in [2.05, 4.69) is 164 Å². The van der Waals surface area contributed by atoms with Gasteiger partial charge in [-0.2, -0.15) is 0 Å². The molecule has 0 N–H and O–H groups in total. The first-order chi connectivity index (χ1) is 26.3. The number of para-hydroxylation sites is 2. The van der Waals surface area contributed by atoms with Crippen LogP contribution in [0.1, 0.15) is 0 Å². The van der Waals surface area contributed by atoms with E-state index >= 15 is 0 Å². The molecule has 0 bridgehead atoms. The Balaban J connectivity index is 1.10. The van der Waals surface area contributed by atoms with Crippen LogP contribution in [0.15, 0.2) is 176 Å². The third-order valence-corrected chi connectivity index (χ3v) is 11.6. The second-order valence-electron chi connectivity index (χ2n) is 14.3. The van der Waals surface area contributed by atoms with E-state index < -0.39 is 0 Å². The predicted molar refractivity (Wildman–Crippen MR) is 223 cm³/mol. The summed E-state index contributed by atoms with van der Waals surface area (Å²) in [5.41, 5.74) is 7.96. The van der Waals surface area contributed by atoms with Crippen LogP contribution in [-0.4, -0.2) is 6.71 Å². The number of rotatable bonds is 2. The van der Waals surface area contributed by atoms with Crippen LogP contribution >= 0.6 is 0 Å². The van der Waals surface area contributed by atoms with Gasteiger partial charge in [0.05, 0.1) is 0 Å². The summed E-state index contributed by atoms with van der Waals surface area (Å²) in [6.07, 6.45) is 0. The van der Waals surface area contributed by atoms with Crippen molar-refractivity contribution < 1.29 is 9.47 Å². The van der Waals surface area contributed by atoms with Gasteiger partial charge in [-0.1, -0.05) is 146 Å². The van der Waals surface area contributed by atoms with Crippen molar-refractivity contribution in [2.75, 3.05) is 0 Å². The lowest BCUT2D eigenvalue weighted by molar-refractivity contribution is 0.465. The number of fused-ring (bicyclic) bond motifs is 15. The molecular weight excluding hydrogens is 643 g/mol. The highest BCUT2D eigenvalue weighted by molar-refractivity contribution is 6.98. The van der Waals surface area contributed by atoms with Crippen molar-refractivity contribution in [2.45, 2.75) is 0 Å². The highest BCUT2D eigenvalue weighted by Gasteiger charge is 2.40. The van der Waals surface area contributed by atoms with Crippen LogP contribution in [-0.2, 0) is 0 Å². The molecular formula is C50H29BO2. The normalized spacial score (nSPS) is 12.8. The summed E-state index contributed by atoms with van der Waals surface area (Å²) in [4.78, 5) is 0. The summed E-state index contributed by atoms with van der Waals surface area (Å²) < 4.78 is 13.4. The van der Waals surface area contributed by atoms with Gasteiger partial charge in [-0.05, 0) is 117 Å². The average Bonchev–Trinajstić information content (AvgIpc) is 3.23. The van der Waals surface area contributed by atoms with Crippen LogP contribution in [0, 0.1) is 0 Å². The summed E-state index contributed by atoms with van der Waals surface area (Å²) in [6.45, 7) is 0.0518. The Bertz CT molecular complexity index is 3130. The van der Waals surface area contributed by atoms with Gasteiger partial charge >= 0.3 is 0 Å². The lowest BCUT2D eigenvalue weighted by Gasteiger charge is -2.33. The summed E-state index contributed by atoms with van der Waals surface area (Å²) in [6, 6.07) is 63.6. The number of hydrogen-bond donors (Lipinski definition) is 0. The van der Waals surface area contributed by atoms with Crippen molar-refractivity contribution in [2.24, 2.45) is 0 Å². The van der Waals surface area contributed by atoms with Gasteiger partial charge in [-0.25, -0.2) is 0 Å². The van der Waals surface area contributed by atoms with E-state index in [0.717, 1.165) is 45.2 Å². The molecule has 244 valence electrons. The third-order valence-electron chi connectivity index (χ3n) is 11.6. The number of ether oxygens (including phenoxy) is 2. The molecule has 0 saturated heterocycles. The minimum absolute atomic E-state index is 0.0518. The monoisotopic (exact) mass is 672 g/mol. The quantitative estimate of drug-likeness (QED) is 0.134. The average molecular weight is 673 g/mol. The molecule has 2 aliphatic rings. The van der Waals surface area contributed by atoms with E-state index in [1.807, 2.05) is 12.1 Å². The fourth-order valence-electron chi connectivity index (χ4n) is 9.33. The first-order valence-corrected chi connectivity index (χ1v) is 18.3.